The Morgan fingerprint density at radius 2 is 1.92 bits per heavy atom. The molecule has 0 heterocycles. The smallest absolute Gasteiger partial charge is 0.0480 e. The van der Waals surface area contributed by atoms with E-state index in [-0.39, 0.29) is 0 Å². The molecule has 0 aliphatic rings. The molecule has 2 heteroatoms. The molecule has 0 aromatic heterocycles. The summed E-state index contributed by atoms with van der Waals surface area (Å²) in [7, 11) is -0.896. The van der Waals surface area contributed by atoms with Crippen LogP contribution in [0.15, 0.2) is 12.2 Å². The first-order valence-corrected chi connectivity index (χ1v) is 8.44. The molecule has 12 heavy (non-hydrogen) atoms. The average Bonchev–Trinajstić information content (AvgIpc) is 1.84. The second kappa shape index (κ2) is 5.54. The van der Waals surface area contributed by atoms with Gasteiger partial charge in [0.05, 0.1) is 0 Å². The molecule has 1 N–H and O–H groups in total. The fourth-order valence-corrected chi connectivity index (χ4v) is 1.80. The van der Waals surface area contributed by atoms with Gasteiger partial charge in [-0.3, -0.25) is 0 Å². The maximum atomic E-state index is 8.67. The summed E-state index contributed by atoms with van der Waals surface area (Å²) in [6, 6.07) is 1.25. The van der Waals surface area contributed by atoms with Crippen molar-refractivity contribution < 1.29 is 5.11 Å². The summed E-state index contributed by atoms with van der Waals surface area (Å²) in [5.41, 5.74) is 0. The monoisotopic (exact) mass is 186 g/mol. The molecule has 72 valence electrons. The van der Waals surface area contributed by atoms with Crippen LogP contribution in [0, 0.1) is 5.92 Å². The Hall–Kier alpha value is -0.0831. The van der Waals surface area contributed by atoms with E-state index in [1.54, 1.807) is 0 Å². The van der Waals surface area contributed by atoms with Crippen molar-refractivity contribution in [1.29, 1.82) is 0 Å². The van der Waals surface area contributed by atoms with E-state index in [9.17, 15) is 0 Å². The molecular weight excluding hydrogens is 164 g/mol. The van der Waals surface area contributed by atoms with Gasteiger partial charge in [0.1, 0.15) is 0 Å². The predicted octanol–water partition coefficient (Wildman–Crippen LogP) is 2.90. The van der Waals surface area contributed by atoms with Crippen LogP contribution in [-0.2, 0) is 0 Å². The van der Waals surface area contributed by atoms with Gasteiger partial charge in [-0.15, -0.1) is 0 Å². The SMILES string of the molecule is CC(C=CC[Si](C)(C)C)CCO. The Labute approximate surface area is 77.5 Å². The molecule has 0 spiro atoms. The van der Waals surface area contributed by atoms with Gasteiger partial charge in [0.15, 0.2) is 0 Å². The van der Waals surface area contributed by atoms with Crippen LogP contribution in [0.25, 0.3) is 0 Å². The van der Waals surface area contributed by atoms with Gasteiger partial charge in [0.2, 0.25) is 0 Å². The van der Waals surface area contributed by atoms with Crippen molar-refractivity contribution in [2.75, 3.05) is 6.61 Å². The fraction of sp³-hybridized carbons (Fsp3) is 0.800. The lowest BCUT2D eigenvalue weighted by atomic mass is 10.1. The molecule has 0 amide bonds. The molecular formula is C10H22OSi. The zero-order valence-corrected chi connectivity index (χ0v) is 9.80. The van der Waals surface area contributed by atoms with Crippen LogP contribution in [0.1, 0.15) is 13.3 Å². The zero-order chi connectivity index (χ0) is 9.61. The summed E-state index contributed by atoms with van der Waals surface area (Å²) in [5, 5.41) is 8.67. The van der Waals surface area contributed by atoms with Crippen LogP contribution >= 0.6 is 0 Å². The zero-order valence-electron chi connectivity index (χ0n) is 8.80. The van der Waals surface area contributed by atoms with Gasteiger partial charge in [0.25, 0.3) is 0 Å². The first-order chi connectivity index (χ1) is 5.45. The quantitative estimate of drug-likeness (QED) is 0.517. The summed E-state index contributed by atoms with van der Waals surface area (Å²) < 4.78 is 0. The van der Waals surface area contributed by atoms with E-state index in [0.29, 0.717) is 12.5 Å². The number of rotatable bonds is 5. The van der Waals surface area contributed by atoms with Gasteiger partial charge in [-0.05, 0) is 18.4 Å². The number of aliphatic hydroxyl groups is 1. The minimum Gasteiger partial charge on any atom is -0.396 e. The van der Waals surface area contributed by atoms with E-state index in [2.05, 4.69) is 38.7 Å². The molecule has 0 rings (SSSR count). The summed E-state index contributed by atoms with van der Waals surface area (Å²) in [4.78, 5) is 0. The third-order valence-electron chi connectivity index (χ3n) is 1.78. The lowest BCUT2D eigenvalue weighted by molar-refractivity contribution is 0.274. The maximum Gasteiger partial charge on any atom is 0.0480 e. The number of allylic oxidation sites excluding steroid dienone is 2. The topological polar surface area (TPSA) is 20.2 Å². The summed E-state index contributed by atoms with van der Waals surface area (Å²) in [6.07, 6.45) is 5.41. The number of hydrogen-bond acceptors (Lipinski definition) is 1. The molecule has 0 saturated carbocycles. The highest BCUT2D eigenvalue weighted by Gasteiger charge is 2.09. The van der Waals surface area contributed by atoms with Gasteiger partial charge in [-0.1, -0.05) is 38.7 Å². The fourth-order valence-electron chi connectivity index (χ4n) is 0.954. The normalized spacial score (nSPS) is 15.4. The highest BCUT2D eigenvalue weighted by molar-refractivity contribution is 6.76. The average molecular weight is 186 g/mol. The lowest BCUT2D eigenvalue weighted by Gasteiger charge is -2.12. The van der Waals surface area contributed by atoms with Gasteiger partial charge in [-0.2, -0.15) is 0 Å². The Kier molecular flexibility index (Phi) is 5.50. The summed E-state index contributed by atoms with van der Waals surface area (Å²) >= 11 is 0. The molecule has 0 radical (unpaired) electrons. The van der Waals surface area contributed by atoms with Crippen molar-refractivity contribution in [3.05, 3.63) is 12.2 Å². The minimum atomic E-state index is -0.896. The number of aliphatic hydroxyl groups excluding tert-OH is 1. The largest absolute Gasteiger partial charge is 0.396 e. The van der Waals surface area contributed by atoms with Crippen LogP contribution in [0.5, 0.6) is 0 Å². The highest BCUT2D eigenvalue weighted by Crippen LogP contribution is 2.10. The second-order valence-electron chi connectivity index (χ2n) is 4.68. The van der Waals surface area contributed by atoms with Gasteiger partial charge in [0, 0.05) is 14.7 Å². The molecule has 0 aromatic rings. The van der Waals surface area contributed by atoms with Crippen molar-refractivity contribution in [3.8, 4) is 0 Å². The number of hydrogen-bond donors (Lipinski definition) is 1. The first kappa shape index (κ1) is 11.9. The van der Waals surface area contributed by atoms with Crippen LogP contribution < -0.4 is 0 Å². The molecule has 1 nitrogen and oxygen atoms in total. The van der Waals surface area contributed by atoms with E-state index in [0.717, 1.165) is 6.42 Å². The van der Waals surface area contributed by atoms with Crippen LogP contribution in [0.4, 0.5) is 0 Å². The third kappa shape index (κ3) is 8.02. The molecule has 0 fully saturated rings. The predicted molar refractivity (Wildman–Crippen MR) is 58.2 cm³/mol. The van der Waals surface area contributed by atoms with Crippen molar-refractivity contribution in [2.45, 2.75) is 39.0 Å². The van der Waals surface area contributed by atoms with Crippen LogP contribution in [-0.4, -0.2) is 19.8 Å². The van der Waals surface area contributed by atoms with E-state index in [1.165, 1.54) is 6.04 Å². The van der Waals surface area contributed by atoms with Crippen LogP contribution in [0.3, 0.4) is 0 Å². The molecule has 0 bridgehead atoms. The molecule has 1 atom stereocenters. The van der Waals surface area contributed by atoms with Gasteiger partial charge >= 0.3 is 0 Å². The second-order valence-corrected chi connectivity index (χ2v) is 10.2. The molecule has 0 aromatic carbocycles. The van der Waals surface area contributed by atoms with Crippen molar-refractivity contribution in [2.24, 2.45) is 5.92 Å². The molecule has 0 aliphatic carbocycles. The summed E-state index contributed by atoms with van der Waals surface area (Å²) in [6.45, 7) is 9.56. The van der Waals surface area contributed by atoms with Crippen LogP contribution in [0.2, 0.25) is 25.7 Å². The van der Waals surface area contributed by atoms with Crippen molar-refractivity contribution >= 4 is 8.07 Å². The summed E-state index contributed by atoms with van der Waals surface area (Å²) in [5.74, 6) is 0.534. The third-order valence-corrected chi connectivity index (χ3v) is 3.24. The molecule has 0 aliphatic heterocycles. The Bertz CT molecular complexity index is 135. The van der Waals surface area contributed by atoms with E-state index < -0.39 is 8.07 Å². The van der Waals surface area contributed by atoms with E-state index >= 15 is 0 Å². The Balaban J connectivity index is 3.61. The highest BCUT2D eigenvalue weighted by atomic mass is 28.3. The van der Waals surface area contributed by atoms with Crippen molar-refractivity contribution in [3.63, 3.8) is 0 Å². The standard InChI is InChI=1S/C10H22OSi/c1-10(7-8-11)6-5-9-12(2,3)4/h5-6,10-11H,7-9H2,1-4H3. The first-order valence-electron chi connectivity index (χ1n) is 4.73. The van der Waals surface area contributed by atoms with Gasteiger partial charge < -0.3 is 5.11 Å². The minimum absolute atomic E-state index is 0.304. The van der Waals surface area contributed by atoms with Crippen molar-refractivity contribution in [1.82, 2.24) is 0 Å². The molecule has 0 saturated heterocycles. The van der Waals surface area contributed by atoms with Gasteiger partial charge in [-0.25, -0.2) is 0 Å². The lowest BCUT2D eigenvalue weighted by Crippen LogP contribution is -2.17. The maximum absolute atomic E-state index is 8.67. The Morgan fingerprint density at radius 1 is 1.33 bits per heavy atom. The van der Waals surface area contributed by atoms with E-state index in [4.69, 9.17) is 5.11 Å². The Morgan fingerprint density at radius 3 is 2.33 bits per heavy atom. The van der Waals surface area contributed by atoms with E-state index in [1.807, 2.05) is 0 Å². The molecule has 1 unspecified atom stereocenters.